The number of halogens is 1. The Morgan fingerprint density at radius 3 is 2.53 bits per heavy atom. The van der Waals surface area contributed by atoms with Gasteiger partial charge in [-0.25, -0.2) is 0 Å². The fourth-order valence-corrected chi connectivity index (χ4v) is 5.86. The molecule has 1 N–H and O–H groups in total. The molecule has 174 valence electrons. The smallest absolute Gasteiger partial charge is 0.194 e. The van der Waals surface area contributed by atoms with Crippen LogP contribution in [0.25, 0.3) is 0 Å². The number of guanidine groups is 1. The quantitative estimate of drug-likeness (QED) is 0.224. The summed E-state index contributed by atoms with van der Waals surface area (Å²) in [5.41, 5.74) is 0. The molecule has 2 saturated heterocycles. The zero-order valence-electron chi connectivity index (χ0n) is 18.9. The first-order valence-corrected chi connectivity index (χ1v) is 12.3. The number of aliphatic imine (C=N–C) groups is 1. The summed E-state index contributed by atoms with van der Waals surface area (Å²) >= 11 is 0. The van der Waals surface area contributed by atoms with Crippen molar-refractivity contribution in [2.45, 2.75) is 57.9 Å². The molecule has 4 fully saturated rings. The van der Waals surface area contributed by atoms with Gasteiger partial charge < -0.3 is 19.7 Å². The van der Waals surface area contributed by atoms with Crippen molar-refractivity contribution < 1.29 is 9.47 Å². The highest BCUT2D eigenvalue weighted by molar-refractivity contribution is 14.0. The summed E-state index contributed by atoms with van der Waals surface area (Å²) in [6.45, 7) is 12.1. The fraction of sp³-hybridized carbons (Fsp3) is 0.957. The van der Waals surface area contributed by atoms with Crippen molar-refractivity contribution in [1.82, 2.24) is 15.1 Å². The van der Waals surface area contributed by atoms with Crippen molar-refractivity contribution in [3.63, 3.8) is 0 Å². The number of nitrogens with one attached hydrogen (secondary N) is 1. The molecule has 0 aromatic heterocycles. The van der Waals surface area contributed by atoms with E-state index in [4.69, 9.17) is 14.5 Å². The normalized spacial score (nSPS) is 30.5. The topological polar surface area (TPSA) is 49.3 Å². The molecular weight excluding hydrogens is 491 g/mol. The van der Waals surface area contributed by atoms with Crippen LogP contribution in [0.2, 0.25) is 0 Å². The minimum absolute atomic E-state index is 0. The fourth-order valence-electron chi connectivity index (χ4n) is 5.86. The number of fused-ring (bicyclic) bond motifs is 2. The van der Waals surface area contributed by atoms with Gasteiger partial charge in [0.05, 0.1) is 0 Å². The Hall–Kier alpha value is -0.120. The first-order valence-electron chi connectivity index (χ1n) is 12.3. The molecule has 0 amide bonds. The van der Waals surface area contributed by atoms with E-state index in [1.807, 2.05) is 0 Å². The molecule has 2 saturated carbocycles. The van der Waals surface area contributed by atoms with Crippen molar-refractivity contribution in [1.29, 1.82) is 0 Å². The van der Waals surface area contributed by atoms with E-state index in [1.165, 1.54) is 38.8 Å². The van der Waals surface area contributed by atoms with Gasteiger partial charge in [0.15, 0.2) is 5.96 Å². The number of nitrogens with zero attached hydrogens (tertiary/aromatic N) is 3. The summed E-state index contributed by atoms with van der Waals surface area (Å²) in [6, 6.07) is 0.878. The summed E-state index contributed by atoms with van der Waals surface area (Å²) in [5, 5.41) is 3.51. The Bertz CT molecular complexity index is 521. The van der Waals surface area contributed by atoms with Crippen LogP contribution in [-0.4, -0.2) is 87.5 Å². The zero-order chi connectivity index (χ0) is 19.9. The number of rotatable bonds is 8. The molecule has 30 heavy (non-hydrogen) atoms. The molecule has 7 heteroatoms. The van der Waals surface area contributed by atoms with E-state index in [0.29, 0.717) is 5.92 Å². The van der Waals surface area contributed by atoms with Gasteiger partial charge in [0.2, 0.25) is 0 Å². The van der Waals surface area contributed by atoms with Crippen LogP contribution in [0.4, 0.5) is 0 Å². The Morgan fingerprint density at radius 2 is 1.87 bits per heavy atom. The first-order chi connectivity index (χ1) is 14.3. The van der Waals surface area contributed by atoms with E-state index >= 15 is 0 Å². The molecule has 2 aliphatic carbocycles. The average molecular weight is 535 g/mol. The van der Waals surface area contributed by atoms with Crippen LogP contribution in [0.15, 0.2) is 4.99 Å². The molecule has 0 spiro atoms. The summed E-state index contributed by atoms with van der Waals surface area (Å²) < 4.78 is 11.3. The van der Waals surface area contributed by atoms with Crippen molar-refractivity contribution in [3.8, 4) is 0 Å². The summed E-state index contributed by atoms with van der Waals surface area (Å²) in [6.07, 6.45) is 9.25. The van der Waals surface area contributed by atoms with E-state index in [0.717, 1.165) is 95.7 Å². The Kier molecular flexibility index (Phi) is 10.5. The third kappa shape index (κ3) is 6.69. The molecule has 2 heterocycles. The molecule has 3 atom stereocenters. The van der Waals surface area contributed by atoms with E-state index in [9.17, 15) is 0 Å². The average Bonchev–Trinajstić information content (AvgIpc) is 3.40. The minimum atomic E-state index is 0. The van der Waals surface area contributed by atoms with Crippen molar-refractivity contribution >= 4 is 29.9 Å². The van der Waals surface area contributed by atoms with Gasteiger partial charge >= 0.3 is 0 Å². The van der Waals surface area contributed by atoms with Gasteiger partial charge in [0.1, 0.15) is 0 Å². The molecule has 2 bridgehead atoms. The SMILES string of the molecule is CCNC(=NCCCOCC1CCOCC1)N1CCN(C2CC3CCC2C3)CC1.I. The van der Waals surface area contributed by atoms with E-state index in [1.54, 1.807) is 0 Å². The largest absolute Gasteiger partial charge is 0.381 e. The minimum Gasteiger partial charge on any atom is -0.381 e. The van der Waals surface area contributed by atoms with E-state index in [-0.39, 0.29) is 24.0 Å². The molecular formula is C23H43IN4O2. The van der Waals surface area contributed by atoms with Gasteiger partial charge in [-0.15, -0.1) is 24.0 Å². The third-order valence-corrected chi connectivity index (χ3v) is 7.52. The zero-order valence-corrected chi connectivity index (χ0v) is 21.2. The van der Waals surface area contributed by atoms with Crippen LogP contribution < -0.4 is 5.32 Å². The Labute approximate surface area is 200 Å². The van der Waals surface area contributed by atoms with Crippen LogP contribution in [0.1, 0.15) is 51.9 Å². The first kappa shape index (κ1) is 24.5. The van der Waals surface area contributed by atoms with Crippen molar-refractivity contribution in [3.05, 3.63) is 0 Å². The van der Waals surface area contributed by atoms with Gasteiger partial charge in [-0.3, -0.25) is 9.89 Å². The monoisotopic (exact) mass is 534 g/mol. The van der Waals surface area contributed by atoms with Gasteiger partial charge in [0.25, 0.3) is 0 Å². The van der Waals surface area contributed by atoms with E-state index < -0.39 is 0 Å². The maximum atomic E-state index is 5.89. The van der Waals surface area contributed by atoms with Crippen LogP contribution >= 0.6 is 24.0 Å². The molecule has 4 aliphatic rings. The molecule has 4 rings (SSSR count). The number of hydrogen-bond acceptors (Lipinski definition) is 4. The lowest BCUT2D eigenvalue weighted by molar-refractivity contribution is 0.0205. The lowest BCUT2D eigenvalue weighted by atomic mass is 9.93. The van der Waals surface area contributed by atoms with Gasteiger partial charge in [-0.1, -0.05) is 6.42 Å². The second kappa shape index (κ2) is 12.8. The van der Waals surface area contributed by atoms with Crippen LogP contribution in [0, 0.1) is 17.8 Å². The summed E-state index contributed by atoms with van der Waals surface area (Å²) in [4.78, 5) is 10.1. The van der Waals surface area contributed by atoms with Crippen molar-refractivity contribution in [2.75, 3.05) is 65.7 Å². The molecule has 0 aromatic carbocycles. The number of hydrogen-bond donors (Lipinski definition) is 1. The predicted molar refractivity (Wildman–Crippen MR) is 133 cm³/mol. The van der Waals surface area contributed by atoms with Crippen molar-refractivity contribution in [2.24, 2.45) is 22.7 Å². The second-order valence-corrected chi connectivity index (χ2v) is 9.49. The summed E-state index contributed by atoms with van der Waals surface area (Å²) in [5.74, 6) is 3.82. The highest BCUT2D eigenvalue weighted by Gasteiger charge is 2.42. The van der Waals surface area contributed by atoms with Gasteiger partial charge in [0, 0.05) is 71.7 Å². The third-order valence-electron chi connectivity index (χ3n) is 7.52. The molecule has 6 nitrogen and oxygen atoms in total. The number of piperazine rings is 1. The lowest BCUT2D eigenvalue weighted by Crippen LogP contribution is -2.55. The van der Waals surface area contributed by atoms with Gasteiger partial charge in [-0.2, -0.15) is 0 Å². The number of ether oxygens (including phenoxy) is 2. The highest BCUT2D eigenvalue weighted by atomic mass is 127. The van der Waals surface area contributed by atoms with Crippen LogP contribution in [-0.2, 0) is 9.47 Å². The molecule has 2 aliphatic heterocycles. The summed E-state index contributed by atoms with van der Waals surface area (Å²) in [7, 11) is 0. The predicted octanol–water partition coefficient (Wildman–Crippen LogP) is 3.21. The Morgan fingerprint density at radius 1 is 1.07 bits per heavy atom. The van der Waals surface area contributed by atoms with E-state index in [2.05, 4.69) is 22.0 Å². The molecule has 0 aromatic rings. The second-order valence-electron chi connectivity index (χ2n) is 9.49. The van der Waals surface area contributed by atoms with Gasteiger partial charge in [-0.05, 0) is 63.2 Å². The highest BCUT2D eigenvalue weighted by Crippen LogP contribution is 2.46. The lowest BCUT2D eigenvalue weighted by Gasteiger charge is -2.42. The van der Waals surface area contributed by atoms with Crippen LogP contribution in [0.3, 0.4) is 0 Å². The Balaban J connectivity index is 0.00000256. The molecule has 3 unspecified atom stereocenters. The standard InChI is InChI=1S/C23H42N4O2.HI/c1-2-24-23(25-8-3-13-29-18-19-6-14-28-15-7-19)27-11-9-26(10-12-27)22-17-20-4-5-21(22)16-20;/h19-22H,2-18H2,1H3,(H,24,25);1H. The van der Waals surface area contributed by atoms with Crippen LogP contribution in [0.5, 0.6) is 0 Å². The molecule has 0 radical (unpaired) electrons. The maximum Gasteiger partial charge on any atom is 0.194 e. The maximum absolute atomic E-state index is 5.89.